The number of nitrogens with zero attached hydrogens (tertiary/aromatic N) is 2. The number of anilines is 3. The van der Waals surface area contributed by atoms with Gasteiger partial charge in [0, 0.05) is 37.6 Å². The topological polar surface area (TPSA) is 64.8 Å². The van der Waals surface area contributed by atoms with Gasteiger partial charge in [-0.05, 0) is 31.6 Å². The van der Waals surface area contributed by atoms with Crippen LogP contribution in [-0.2, 0) is 0 Å². The monoisotopic (exact) mass is 262 g/mol. The Kier molecular flexibility index (Phi) is 4.55. The van der Waals surface area contributed by atoms with Crippen LogP contribution in [-0.4, -0.2) is 49.7 Å². The summed E-state index contributed by atoms with van der Waals surface area (Å²) in [7, 11) is -0.602. The SMILES string of the molecule is CCN1CCN(c2ccc(N)c(NB(C)O)c2)CC1. The molecule has 1 saturated heterocycles. The van der Waals surface area contributed by atoms with Gasteiger partial charge in [-0.1, -0.05) is 6.92 Å². The Morgan fingerprint density at radius 2 is 2.00 bits per heavy atom. The maximum Gasteiger partial charge on any atom is 0.406 e. The zero-order valence-corrected chi connectivity index (χ0v) is 11.8. The Labute approximate surface area is 115 Å². The third-order valence-electron chi connectivity index (χ3n) is 3.59. The van der Waals surface area contributed by atoms with Crippen LogP contribution in [0.2, 0.25) is 6.82 Å². The molecular formula is C13H23BN4O. The first-order chi connectivity index (χ1) is 9.10. The molecule has 19 heavy (non-hydrogen) atoms. The lowest BCUT2D eigenvalue weighted by atomic mass is 9.88. The highest BCUT2D eigenvalue weighted by Crippen LogP contribution is 2.26. The van der Waals surface area contributed by atoms with Crippen LogP contribution < -0.4 is 15.9 Å². The lowest BCUT2D eigenvalue weighted by Crippen LogP contribution is -2.46. The molecule has 0 bridgehead atoms. The highest BCUT2D eigenvalue weighted by Gasteiger charge is 2.17. The summed E-state index contributed by atoms with van der Waals surface area (Å²) >= 11 is 0. The van der Waals surface area contributed by atoms with Crippen LogP contribution in [0.25, 0.3) is 0 Å². The molecule has 1 aliphatic heterocycles. The fourth-order valence-electron chi connectivity index (χ4n) is 2.41. The fourth-order valence-corrected chi connectivity index (χ4v) is 2.41. The van der Waals surface area contributed by atoms with Crippen molar-refractivity contribution in [2.75, 3.05) is 48.6 Å². The lowest BCUT2D eigenvalue weighted by Gasteiger charge is -2.35. The van der Waals surface area contributed by atoms with E-state index < -0.39 is 7.05 Å². The normalized spacial score (nSPS) is 16.5. The number of hydrogen-bond acceptors (Lipinski definition) is 5. The molecule has 1 aliphatic rings. The van der Waals surface area contributed by atoms with Crippen molar-refractivity contribution in [3.8, 4) is 0 Å². The number of benzene rings is 1. The van der Waals surface area contributed by atoms with Crippen molar-refractivity contribution in [1.82, 2.24) is 4.90 Å². The Morgan fingerprint density at radius 1 is 1.32 bits per heavy atom. The predicted octanol–water partition coefficient (Wildman–Crippen LogP) is 0.933. The molecule has 5 nitrogen and oxygen atoms in total. The highest BCUT2D eigenvalue weighted by molar-refractivity contribution is 6.53. The molecule has 1 heterocycles. The summed E-state index contributed by atoms with van der Waals surface area (Å²) in [6, 6.07) is 5.96. The number of nitrogen functional groups attached to an aromatic ring is 1. The van der Waals surface area contributed by atoms with Crippen molar-refractivity contribution >= 4 is 24.1 Å². The van der Waals surface area contributed by atoms with Gasteiger partial charge < -0.3 is 25.8 Å². The van der Waals surface area contributed by atoms with E-state index in [2.05, 4.69) is 22.0 Å². The quantitative estimate of drug-likeness (QED) is 0.556. The summed E-state index contributed by atoms with van der Waals surface area (Å²) in [5.41, 5.74) is 8.53. The Bertz CT molecular complexity index is 419. The van der Waals surface area contributed by atoms with Crippen LogP contribution in [0.3, 0.4) is 0 Å². The highest BCUT2D eigenvalue weighted by atomic mass is 16.2. The summed E-state index contributed by atoms with van der Waals surface area (Å²) in [4.78, 5) is 4.81. The van der Waals surface area contributed by atoms with Gasteiger partial charge in [0.2, 0.25) is 0 Å². The molecule has 2 rings (SSSR count). The van der Waals surface area contributed by atoms with Crippen LogP contribution >= 0.6 is 0 Å². The first kappa shape index (κ1) is 14.0. The van der Waals surface area contributed by atoms with Gasteiger partial charge in [0.05, 0.1) is 5.69 Å². The molecule has 1 aromatic carbocycles. The third-order valence-corrected chi connectivity index (χ3v) is 3.59. The average molecular weight is 262 g/mol. The van der Waals surface area contributed by atoms with Gasteiger partial charge in [0.15, 0.2) is 0 Å². The van der Waals surface area contributed by atoms with Crippen molar-refractivity contribution < 1.29 is 5.02 Å². The smallest absolute Gasteiger partial charge is 0.406 e. The standard InChI is InChI=1S/C13H23BN4O/c1-3-17-6-8-18(9-7-17)11-4-5-12(15)13(10-11)16-14(2)19/h4-5,10,16,19H,3,6-9,15H2,1-2H3. The second-order valence-electron chi connectivity index (χ2n) is 5.01. The van der Waals surface area contributed by atoms with Crippen LogP contribution in [0.5, 0.6) is 0 Å². The van der Waals surface area contributed by atoms with Gasteiger partial charge in [0.25, 0.3) is 0 Å². The minimum absolute atomic E-state index is 0.602. The molecule has 104 valence electrons. The van der Waals surface area contributed by atoms with Gasteiger partial charge in [-0.15, -0.1) is 0 Å². The minimum atomic E-state index is -0.602. The van der Waals surface area contributed by atoms with Crippen LogP contribution in [0.15, 0.2) is 18.2 Å². The summed E-state index contributed by atoms with van der Waals surface area (Å²) in [6.07, 6.45) is 0. The molecule has 4 N–H and O–H groups in total. The van der Waals surface area contributed by atoms with E-state index in [4.69, 9.17) is 5.73 Å². The summed E-state index contributed by atoms with van der Waals surface area (Å²) < 4.78 is 0. The van der Waals surface area contributed by atoms with Crippen LogP contribution in [0.4, 0.5) is 17.1 Å². The lowest BCUT2D eigenvalue weighted by molar-refractivity contribution is 0.271. The molecule has 0 atom stereocenters. The molecule has 0 amide bonds. The molecular weight excluding hydrogens is 239 g/mol. The Hall–Kier alpha value is -1.40. The van der Waals surface area contributed by atoms with Crippen LogP contribution in [0, 0.1) is 0 Å². The first-order valence-electron chi connectivity index (χ1n) is 6.91. The zero-order chi connectivity index (χ0) is 13.8. The average Bonchev–Trinajstić information content (AvgIpc) is 2.41. The van der Waals surface area contributed by atoms with Crippen molar-refractivity contribution in [2.45, 2.75) is 13.7 Å². The molecule has 0 saturated carbocycles. The number of nitrogens with two attached hydrogens (primary N) is 1. The molecule has 0 unspecified atom stereocenters. The first-order valence-corrected chi connectivity index (χ1v) is 6.91. The largest absolute Gasteiger partial charge is 0.433 e. The van der Waals surface area contributed by atoms with Gasteiger partial charge >= 0.3 is 7.05 Å². The van der Waals surface area contributed by atoms with Gasteiger partial charge in [0.1, 0.15) is 0 Å². The molecule has 0 aromatic heterocycles. The van der Waals surface area contributed by atoms with E-state index in [0.717, 1.165) is 44.1 Å². The van der Waals surface area contributed by atoms with E-state index in [1.807, 2.05) is 18.2 Å². The molecule has 0 radical (unpaired) electrons. The summed E-state index contributed by atoms with van der Waals surface area (Å²) in [5.74, 6) is 0. The molecule has 6 heteroatoms. The number of likely N-dealkylation sites (N-methyl/N-ethyl adjacent to an activating group) is 1. The van der Waals surface area contributed by atoms with E-state index in [1.54, 1.807) is 6.82 Å². The molecule has 0 aliphatic carbocycles. The zero-order valence-electron chi connectivity index (χ0n) is 11.8. The van der Waals surface area contributed by atoms with Crippen molar-refractivity contribution in [2.24, 2.45) is 0 Å². The number of hydrogen-bond donors (Lipinski definition) is 3. The van der Waals surface area contributed by atoms with Crippen molar-refractivity contribution in [3.05, 3.63) is 18.2 Å². The summed E-state index contributed by atoms with van der Waals surface area (Å²) in [5, 5.41) is 12.4. The van der Waals surface area contributed by atoms with E-state index in [1.165, 1.54) is 0 Å². The maximum atomic E-state index is 9.41. The van der Waals surface area contributed by atoms with E-state index >= 15 is 0 Å². The van der Waals surface area contributed by atoms with Gasteiger partial charge in [-0.25, -0.2) is 0 Å². The second-order valence-corrected chi connectivity index (χ2v) is 5.01. The Morgan fingerprint density at radius 3 is 2.58 bits per heavy atom. The van der Waals surface area contributed by atoms with Crippen molar-refractivity contribution in [3.63, 3.8) is 0 Å². The molecule has 1 fully saturated rings. The maximum absolute atomic E-state index is 9.41. The van der Waals surface area contributed by atoms with E-state index in [-0.39, 0.29) is 0 Å². The van der Waals surface area contributed by atoms with E-state index in [9.17, 15) is 5.02 Å². The number of piperazine rings is 1. The minimum Gasteiger partial charge on any atom is -0.433 e. The fraction of sp³-hybridized carbons (Fsp3) is 0.538. The molecule has 1 aromatic rings. The van der Waals surface area contributed by atoms with E-state index in [0.29, 0.717) is 5.69 Å². The van der Waals surface area contributed by atoms with Crippen LogP contribution in [0.1, 0.15) is 6.92 Å². The van der Waals surface area contributed by atoms with Crippen molar-refractivity contribution in [1.29, 1.82) is 0 Å². The second kappa shape index (κ2) is 6.17. The van der Waals surface area contributed by atoms with Gasteiger partial charge in [-0.3, -0.25) is 0 Å². The van der Waals surface area contributed by atoms with Gasteiger partial charge in [-0.2, -0.15) is 0 Å². The number of nitrogens with one attached hydrogen (secondary N) is 1. The summed E-state index contributed by atoms with van der Waals surface area (Å²) in [6.45, 7) is 9.26. The predicted molar refractivity (Wildman–Crippen MR) is 82.6 cm³/mol. The number of rotatable bonds is 4. The molecule has 0 spiro atoms. The third kappa shape index (κ3) is 3.55. The Balaban J connectivity index is 2.08.